The van der Waals surface area contributed by atoms with Crippen LogP contribution in [0.3, 0.4) is 0 Å². The number of hydrogen-bond donors (Lipinski definition) is 3. The topological polar surface area (TPSA) is 173 Å². The predicted octanol–water partition coefficient (Wildman–Crippen LogP) is -0.511. The summed E-state index contributed by atoms with van der Waals surface area (Å²) in [5, 5.41) is 2.65. The summed E-state index contributed by atoms with van der Waals surface area (Å²) in [5.74, 6) is -1.59. The monoisotopic (exact) mass is 478 g/mol. The summed E-state index contributed by atoms with van der Waals surface area (Å²) < 4.78 is 21.1. The van der Waals surface area contributed by atoms with Gasteiger partial charge in [0.15, 0.2) is 0 Å². The second-order valence-electron chi connectivity index (χ2n) is 7.08. The molecule has 0 spiro atoms. The van der Waals surface area contributed by atoms with Gasteiger partial charge in [-0.25, -0.2) is 4.79 Å². The molecule has 0 radical (unpaired) electrons. The molecule has 0 saturated heterocycles. The molecule has 186 valence electrons. The van der Waals surface area contributed by atoms with Crippen LogP contribution >= 0.6 is 0 Å². The van der Waals surface area contributed by atoms with E-state index in [1.807, 2.05) is 0 Å². The second-order valence-corrected chi connectivity index (χ2v) is 7.08. The minimum atomic E-state index is -0.506. The van der Waals surface area contributed by atoms with Gasteiger partial charge in [-0.1, -0.05) is 0 Å². The van der Waals surface area contributed by atoms with E-state index in [0.717, 1.165) is 4.90 Å². The zero-order valence-corrected chi connectivity index (χ0v) is 18.8. The van der Waals surface area contributed by atoms with Crippen LogP contribution in [-0.2, 0) is 33.3 Å². The summed E-state index contributed by atoms with van der Waals surface area (Å²) in [6.07, 6.45) is 2.40. The van der Waals surface area contributed by atoms with E-state index in [1.54, 1.807) is 12.1 Å². The van der Waals surface area contributed by atoms with E-state index in [4.69, 9.17) is 30.4 Å². The fourth-order valence-electron chi connectivity index (χ4n) is 2.74. The van der Waals surface area contributed by atoms with E-state index in [9.17, 15) is 19.2 Å². The first-order valence-electron chi connectivity index (χ1n) is 10.7. The molecule has 1 aliphatic heterocycles. The number of nitrogens with zero attached hydrogens (tertiary/aromatic N) is 1. The number of rotatable bonds is 16. The van der Waals surface area contributed by atoms with Crippen LogP contribution in [0.2, 0.25) is 0 Å². The van der Waals surface area contributed by atoms with Crippen molar-refractivity contribution >= 4 is 35.1 Å². The molecule has 1 aromatic rings. The van der Waals surface area contributed by atoms with E-state index in [1.165, 1.54) is 18.2 Å². The predicted molar refractivity (Wildman–Crippen MR) is 121 cm³/mol. The van der Waals surface area contributed by atoms with Gasteiger partial charge in [-0.3, -0.25) is 19.3 Å². The van der Waals surface area contributed by atoms with Crippen molar-refractivity contribution in [2.75, 3.05) is 70.8 Å². The van der Waals surface area contributed by atoms with Gasteiger partial charge in [-0.2, -0.15) is 0 Å². The van der Waals surface area contributed by atoms with Crippen LogP contribution in [0, 0.1) is 0 Å². The van der Waals surface area contributed by atoms with Crippen molar-refractivity contribution in [3.63, 3.8) is 0 Å². The van der Waals surface area contributed by atoms with E-state index < -0.39 is 17.8 Å². The fraction of sp³-hybridized carbons (Fsp3) is 0.455. The maximum atomic E-state index is 11.9. The average molecular weight is 479 g/mol. The van der Waals surface area contributed by atoms with Crippen LogP contribution < -0.4 is 16.8 Å². The van der Waals surface area contributed by atoms with Gasteiger partial charge in [0.25, 0.3) is 11.8 Å². The highest BCUT2D eigenvalue weighted by Crippen LogP contribution is 2.16. The molecule has 0 bridgehead atoms. The molecule has 12 heteroatoms. The zero-order chi connectivity index (χ0) is 24.8. The molecule has 1 aliphatic rings. The smallest absolute Gasteiger partial charge is 0.338 e. The van der Waals surface area contributed by atoms with Crippen molar-refractivity contribution < 1.29 is 38.1 Å². The van der Waals surface area contributed by atoms with Crippen molar-refractivity contribution in [3.05, 3.63) is 35.9 Å². The Morgan fingerprint density at radius 1 is 0.824 bits per heavy atom. The number of benzene rings is 1. The van der Waals surface area contributed by atoms with Crippen LogP contribution in [0.5, 0.6) is 0 Å². The van der Waals surface area contributed by atoms with Crippen molar-refractivity contribution in [3.8, 4) is 0 Å². The Kier molecular flexibility index (Phi) is 11.5. The van der Waals surface area contributed by atoms with E-state index in [-0.39, 0.29) is 32.1 Å². The van der Waals surface area contributed by atoms with Gasteiger partial charge in [-0.15, -0.1) is 0 Å². The molecular formula is C22H30N4O8. The number of nitrogen functional groups attached to an aromatic ring is 2. The number of carbonyl (C=O) groups is 4. The third-order valence-corrected chi connectivity index (χ3v) is 4.56. The Labute approximate surface area is 197 Å². The quantitative estimate of drug-likeness (QED) is 0.122. The van der Waals surface area contributed by atoms with Crippen LogP contribution in [0.25, 0.3) is 0 Å². The number of nitrogens with two attached hydrogens (primary N) is 2. The van der Waals surface area contributed by atoms with Crippen molar-refractivity contribution in [1.29, 1.82) is 0 Å². The molecule has 0 atom stereocenters. The molecule has 0 fully saturated rings. The highest BCUT2D eigenvalue weighted by atomic mass is 16.6. The molecular weight excluding hydrogens is 448 g/mol. The van der Waals surface area contributed by atoms with E-state index >= 15 is 0 Å². The van der Waals surface area contributed by atoms with E-state index in [2.05, 4.69) is 5.32 Å². The number of amides is 3. The third kappa shape index (κ3) is 9.57. The average Bonchev–Trinajstić information content (AvgIpc) is 3.14. The lowest BCUT2D eigenvalue weighted by molar-refractivity contribution is -0.137. The summed E-state index contributed by atoms with van der Waals surface area (Å²) in [6.45, 7) is 2.38. The van der Waals surface area contributed by atoms with Gasteiger partial charge in [0, 0.05) is 31.7 Å². The summed E-state index contributed by atoms with van der Waals surface area (Å²) in [4.78, 5) is 47.4. The number of imide groups is 1. The highest BCUT2D eigenvalue weighted by molar-refractivity contribution is 6.13. The zero-order valence-electron chi connectivity index (χ0n) is 18.8. The summed E-state index contributed by atoms with van der Waals surface area (Å²) in [6, 6.07) is 4.54. The lowest BCUT2D eigenvalue weighted by Crippen LogP contribution is -2.35. The first-order valence-corrected chi connectivity index (χ1v) is 10.7. The molecule has 0 unspecified atom stereocenters. The molecule has 3 amide bonds. The number of nitrogens with one attached hydrogen (secondary N) is 1. The van der Waals surface area contributed by atoms with Crippen LogP contribution in [0.15, 0.2) is 30.4 Å². The highest BCUT2D eigenvalue weighted by Gasteiger charge is 2.23. The molecule has 0 aromatic heterocycles. The molecule has 0 saturated carbocycles. The number of anilines is 2. The van der Waals surface area contributed by atoms with Gasteiger partial charge in [-0.05, 0) is 18.2 Å². The maximum Gasteiger partial charge on any atom is 0.338 e. The Morgan fingerprint density at radius 3 is 2.03 bits per heavy atom. The summed E-state index contributed by atoms with van der Waals surface area (Å²) in [7, 11) is 0. The molecule has 1 heterocycles. The largest absolute Gasteiger partial charge is 0.460 e. The van der Waals surface area contributed by atoms with Gasteiger partial charge >= 0.3 is 5.97 Å². The Morgan fingerprint density at radius 2 is 1.41 bits per heavy atom. The van der Waals surface area contributed by atoms with Crippen LogP contribution in [0.4, 0.5) is 11.4 Å². The lowest BCUT2D eigenvalue weighted by atomic mass is 10.2. The Balaban J connectivity index is 1.35. The van der Waals surface area contributed by atoms with Gasteiger partial charge in [0.1, 0.15) is 6.61 Å². The van der Waals surface area contributed by atoms with Gasteiger partial charge < -0.3 is 35.7 Å². The first-order chi connectivity index (χ1) is 16.4. The normalized spacial score (nSPS) is 12.9. The van der Waals surface area contributed by atoms with Crippen molar-refractivity contribution in [2.24, 2.45) is 0 Å². The molecule has 5 N–H and O–H groups in total. The number of carbonyl (C=O) groups excluding carboxylic acids is 4. The van der Waals surface area contributed by atoms with Crippen molar-refractivity contribution in [2.45, 2.75) is 6.42 Å². The SMILES string of the molecule is Nc1ccc(C(=O)OCCOCCOCCOCCNC(=O)CCN2C(=O)C=CC2=O)cc1N. The number of ether oxygens (including phenoxy) is 4. The summed E-state index contributed by atoms with van der Waals surface area (Å²) >= 11 is 0. The number of esters is 1. The standard InChI is InChI=1S/C22H30N4O8/c23-17-2-1-16(15-18(17)24)22(30)34-14-13-33-12-11-32-10-9-31-8-6-25-19(27)5-7-26-20(28)3-4-21(26)29/h1-4,15H,5-14,23-24H2,(H,25,27). The Bertz CT molecular complexity index is 872. The molecule has 34 heavy (non-hydrogen) atoms. The fourth-order valence-corrected chi connectivity index (χ4v) is 2.74. The molecule has 2 rings (SSSR count). The lowest BCUT2D eigenvalue weighted by Gasteiger charge is -2.13. The number of hydrogen-bond acceptors (Lipinski definition) is 10. The molecule has 12 nitrogen and oxygen atoms in total. The second kappa shape index (κ2) is 14.6. The van der Waals surface area contributed by atoms with Crippen LogP contribution in [-0.4, -0.2) is 87.9 Å². The van der Waals surface area contributed by atoms with Gasteiger partial charge in [0.05, 0.1) is 56.6 Å². The van der Waals surface area contributed by atoms with Gasteiger partial charge in [0.2, 0.25) is 5.91 Å². The van der Waals surface area contributed by atoms with Crippen LogP contribution in [0.1, 0.15) is 16.8 Å². The minimum absolute atomic E-state index is 0.0392. The molecule has 1 aromatic carbocycles. The maximum absolute atomic E-state index is 11.9. The Hall–Kier alpha value is -3.48. The minimum Gasteiger partial charge on any atom is -0.460 e. The molecule has 0 aliphatic carbocycles. The van der Waals surface area contributed by atoms with E-state index in [0.29, 0.717) is 56.5 Å². The van der Waals surface area contributed by atoms with Crippen molar-refractivity contribution in [1.82, 2.24) is 10.2 Å². The first kappa shape index (κ1) is 26.8. The summed E-state index contributed by atoms with van der Waals surface area (Å²) in [5.41, 5.74) is 12.3. The third-order valence-electron chi connectivity index (χ3n) is 4.56.